The van der Waals surface area contributed by atoms with Gasteiger partial charge in [-0.2, -0.15) is 0 Å². The number of nitrogens with two attached hydrogens (primary N) is 1. The van der Waals surface area contributed by atoms with Crippen molar-refractivity contribution in [2.24, 2.45) is 11.7 Å². The van der Waals surface area contributed by atoms with Crippen LogP contribution in [0.3, 0.4) is 0 Å². The molecule has 0 amide bonds. The van der Waals surface area contributed by atoms with E-state index in [4.69, 9.17) is 5.73 Å². The van der Waals surface area contributed by atoms with Crippen molar-refractivity contribution in [1.29, 1.82) is 0 Å². The van der Waals surface area contributed by atoms with Crippen LogP contribution >= 0.6 is 11.3 Å². The maximum atomic E-state index is 11.8. The molecule has 0 aliphatic heterocycles. The summed E-state index contributed by atoms with van der Waals surface area (Å²) in [5.74, 6) is 0.507. The van der Waals surface area contributed by atoms with E-state index in [9.17, 15) is 8.42 Å². The van der Waals surface area contributed by atoms with E-state index in [0.717, 1.165) is 17.7 Å². The molecule has 0 aromatic carbocycles. The second-order valence-electron chi connectivity index (χ2n) is 4.22. The molecule has 6 heteroatoms. The molecule has 2 rings (SSSR count). The predicted molar refractivity (Wildman–Crippen MR) is 64.9 cm³/mol. The topological polar surface area (TPSA) is 72.2 Å². The highest BCUT2D eigenvalue weighted by atomic mass is 32.2. The molecule has 90 valence electrons. The first-order valence-corrected chi connectivity index (χ1v) is 7.61. The van der Waals surface area contributed by atoms with E-state index in [-0.39, 0.29) is 6.04 Å². The van der Waals surface area contributed by atoms with Gasteiger partial charge in [0, 0.05) is 17.5 Å². The van der Waals surface area contributed by atoms with Crippen molar-refractivity contribution >= 4 is 21.4 Å². The molecule has 1 aliphatic rings. The summed E-state index contributed by atoms with van der Waals surface area (Å²) in [6, 6.07) is 3.39. The number of hydrogen-bond acceptors (Lipinski definition) is 4. The molecule has 0 radical (unpaired) electrons. The van der Waals surface area contributed by atoms with Crippen molar-refractivity contribution < 1.29 is 8.42 Å². The summed E-state index contributed by atoms with van der Waals surface area (Å²) in [6.45, 7) is 2.23. The van der Waals surface area contributed by atoms with Gasteiger partial charge in [0.05, 0.1) is 0 Å². The maximum Gasteiger partial charge on any atom is 0.250 e. The quantitative estimate of drug-likeness (QED) is 0.832. The molecule has 1 fully saturated rings. The Morgan fingerprint density at radius 2 is 2.25 bits per heavy atom. The Bertz CT molecular complexity index is 463. The third kappa shape index (κ3) is 2.82. The smallest absolute Gasteiger partial charge is 0.250 e. The molecular formula is C10H16N2O2S2. The highest BCUT2D eigenvalue weighted by molar-refractivity contribution is 7.91. The van der Waals surface area contributed by atoms with E-state index in [2.05, 4.69) is 4.72 Å². The van der Waals surface area contributed by atoms with E-state index < -0.39 is 10.0 Å². The SMILES string of the molecule is Cc1ccc(S(=O)(=O)NCC(N)C2CC2)s1. The lowest BCUT2D eigenvalue weighted by atomic mass is 10.2. The molecule has 1 aliphatic carbocycles. The molecule has 0 saturated heterocycles. The van der Waals surface area contributed by atoms with Crippen LogP contribution in [0.1, 0.15) is 17.7 Å². The van der Waals surface area contributed by atoms with Crippen molar-refractivity contribution in [2.75, 3.05) is 6.54 Å². The highest BCUT2D eigenvalue weighted by Gasteiger charge is 2.29. The molecule has 1 unspecified atom stereocenters. The van der Waals surface area contributed by atoms with Gasteiger partial charge in [0.25, 0.3) is 0 Å². The Labute approximate surface area is 99.9 Å². The van der Waals surface area contributed by atoms with Gasteiger partial charge >= 0.3 is 0 Å². The molecular weight excluding hydrogens is 244 g/mol. The van der Waals surface area contributed by atoms with E-state index in [1.54, 1.807) is 12.1 Å². The van der Waals surface area contributed by atoms with E-state index >= 15 is 0 Å². The van der Waals surface area contributed by atoms with Crippen LogP contribution in [0.5, 0.6) is 0 Å². The molecule has 0 bridgehead atoms. The Morgan fingerprint density at radius 1 is 1.56 bits per heavy atom. The summed E-state index contributed by atoms with van der Waals surface area (Å²) >= 11 is 1.28. The summed E-state index contributed by atoms with van der Waals surface area (Å²) in [6.07, 6.45) is 2.25. The second kappa shape index (κ2) is 4.44. The maximum absolute atomic E-state index is 11.8. The van der Waals surface area contributed by atoms with Gasteiger partial charge in [0.15, 0.2) is 0 Å². The third-order valence-electron chi connectivity index (χ3n) is 2.72. The molecule has 1 heterocycles. The zero-order chi connectivity index (χ0) is 11.8. The summed E-state index contributed by atoms with van der Waals surface area (Å²) in [7, 11) is -3.35. The molecule has 1 saturated carbocycles. The van der Waals surface area contributed by atoms with Crippen LogP contribution in [-0.4, -0.2) is 21.0 Å². The number of hydrogen-bond donors (Lipinski definition) is 2. The summed E-state index contributed by atoms with van der Waals surface area (Å²) in [5, 5.41) is 0. The molecule has 1 aromatic rings. The fourth-order valence-electron chi connectivity index (χ4n) is 1.52. The minimum absolute atomic E-state index is 0.0455. The Hall–Kier alpha value is -0.430. The van der Waals surface area contributed by atoms with Crippen molar-refractivity contribution in [3.63, 3.8) is 0 Å². The molecule has 16 heavy (non-hydrogen) atoms. The monoisotopic (exact) mass is 260 g/mol. The molecule has 3 N–H and O–H groups in total. The van der Waals surface area contributed by atoms with Gasteiger partial charge in [-0.15, -0.1) is 11.3 Å². The van der Waals surface area contributed by atoms with Crippen molar-refractivity contribution in [3.05, 3.63) is 17.0 Å². The fraction of sp³-hybridized carbons (Fsp3) is 0.600. The largest absolute Gasteiger partial charge is 0.326 e. The first kappa shape index (κ1) is 12.0. The summed E-state index contributed by atoms with van der Waals surface area (Å²) in [4.78, 5) is 0.992. The van der Waals surface area contributed by atoms with Gasteiger partial charge in [0.2, 0.25) is 10.0 Å². The van der Waals surface area contributed by atoms with Gasteiger partial charge in [-0.05, 0) is 37.8 Å². The van der Waals surface area contributed by atoms with Gasteiger partial charge < -0.3 is 5.73 Å². The summed E-state index contributed by atoms with van der Waals surface area (Å²) < 4.78 is 26.6. The average Bonchev–Trinajstić information content (AvgIpc) is 2.98. The van der Waals surface area contributed by atoms with Crippen molar-refractivity contribution in [2.45, 2.75) is 30.0 Å². The van der Waals surface area contributed by atoms with Crippen LogP contribution in [0.15, 0.2) is 16.3 Å². The standard InChI is InChI=1S/C10H16N2O2S2/c1-7-2-5-10(15-7)16(13,14)12-6-9(11)8-3-4-8/h2,5,8-9,12H,3-4,6,11H2,1H3. The number of rotatable bonds is 5. The van der Waals surface area contributed by atoms with Crippen molar-refractivity contribution in [1.82, 2.24) is 4.72 Å². The van der Waals surface area contributed by atoms with Crippen LogP contribution in [0.4, 0.5) is 0 Å². The molecule has 1 atom stereocenters. The third-order valence-corrected chi connectivity index (χ3v) is 5.63. The van der Waals surface area contributed by atoms with Crippen molar-refractivity contribution in [3.8, 4) is 0 Å². The second-order valence-corrected chi connectivity index (χ2v) is 7.50. The van der Waals surface area contributed by atoms with Gasteiger partial charge in [-0.1, -0.05) is 0 Å². The van der Waals surface area contributed by atoms with Gasteiger partial charge in [-0.25, -0.2) is 13.1 Å². The number of sulfonamides is 1. The van der Waals surface area contributed by atoms with Gasteiger partial charge in [-0.3, -0.25) is 0 Å². The fourth-order valence-corrected chi connectivity index (χ4v) is 3.93. The highest BCUT2D eigenvalue weighted by Crippen LogP contribution is 2.31. The predicted octanol–water partition coefficient (Wildman–Crippen LogP) is 1.07. The minimum Gasteiger partial charge on any atom is -0.326 e. The van der Waals surface area contributed by atoms with Crippen LogP contribution < -0.4 is 10.5 Å². The minimum atomic E-state index is -3.35. The molecule has 1 aromatic heterocycles. The van der Waals surface area contributed by atoms with E-state index in [0.29, 0.717) is 16.7 Å². The van der Waals surface area contributed by atoms with Crippen LogP contribution in [0.2, 0.25) is 0 Å². The normalized spacial score (nSPS) is 18.6. The average molecular weight is 260 g/mol. The lowest BCUT2D eigenvalue weighted by Gasteiger charge is -2.10. The zero-order valence-corrected chi connectivity index (χ0v) is 10.8. The number of aryl methyl sites for hydroxylation is 1. The lowest BCUT2D eigenvalue weighted by Crippen LogP contribution is -2.38. The molecule has 0 spiro atoms. The van der Waals surface area contributed by atoms with Crippen LogP contribution in [0, 0.1) is 12.8 Å². The van der Waals surface area contributed by atoms with Crippen LogP contribution in [-0.2, 0) is 10.0 Å². The molecule has 4 nitrogen and oxygen atoms in total. The Kier molecular flexibility index (Phi) is 3.34. The number of nitrogens with one attached hydrogen (secondary N) is 1. The summed E-state index contributed by atoms with van der Waals surface area (Å²) in [5.41, 5.74) is 5.85. The first-order chi connectivity index (χ1) is 7.49. The zero-order valence-electron chi connectivity index (χ0n) is 9.14. The van der Waals surface area contributed by atoms with E-state index in [1.807, 2.05) is 6.92 Å². The van der Waals surface area contributed by atoms with E-state index in [1.165, 1.54) is 11.3 Å². The first-order valence-electron chi connectivity index (χ1n) is 5.31. The van der Waals surface area contributed by atoms with Crippen LogP contribution in [0.25, 0.3) is 0 Å². The lowest BCUT2D eigenvalue weighted by molar-refractivity contribution is 0.549. The van der Waals surface area contributed by atoms with Gasteiger partial charge in [0.1, 0.15) is 4.21 Å². The number of thiophene rings is 1. The Morgan fingerprint density at radius 3 is 2.75 bits per heavy atom. The Balaban J connectivity index is 1.97.